The maximum Gasteiger partial charge on any atom is 0.397 e. The van der Waals surface area contributed by atoms with E-state index in [1.807, 2.05) is 0 Å². The van der Waals surface area contributed by atoms with Crippen LogP contribution in [-0.2, 0) is 28.9 Å². The summed E-state index contributed by atoms with van der Waals surface area (Å²) >= 11 is 0. The van der Waals surface area contributed by atoms with Gasteiger partial charge in [0, 0.05) is 22.3 Å². The molecule has 8 atom stereocenters. The Morgan fingerprint density at radius 3 is 1.00 bits per heavy atom. The van der Waals surface area contributed by atoms with Crippen LogP contribution in [0.2, 0.25) is 0 Å². The second-order valence-electron chi connectivity index (χ2n) is 19.6. The molecule has 2 aliphatic heterocycles. The fourth-order valence-electron chi connectivity index (χ4n) is 10.9. The van der Waals surface area contributed by atoms with Crippen LogP contribution in [0.15, 0.2) is 24.3 Å². The molecule has 4 saturated carbocycles. The van der Waals surface area contributed by atoms with Gasteiger partial charge in [0.15, 0.2) is 0 Å². The van der Waals surface area contributed by atoms with E-state index in [2.05, 4.69) is 65.8 Å². The van der Waals surface area contributed by atoms with E-state index in [-0.39, 0.29) is 35.2 Å². The fraction of sp³-hybridized carbons (Fsp3) is 0.739. The van der Waals surface area contributed by atoms with Gasteiger partial charge in [-0.1, -0.05) is 92.9 Å². The van der Waals surface area contributed by atoms with Crippen molar-refractivity contribution in [2.75, 3.05) is 14.2 Å². The van der Waals surface area contributed by atoms with E-state index in [9.17, 15) is 0 Å². The summed E-state index contributed by atoms with van der Waals surface area (Å²) in [5.41, 5.74) is 3.20. The largest absolute Gasteiger partial charge is 0.497 e. The molecule has 6 aliphatic rings. The summed E-state index contributed by atoms with van der Waals surface area (Å²) in [5.74, 6) is 5.13. The Morgan fingerprint density at radius 1 is 0.446 bits per heavy atom. The lowest BCUT2D eigenvalue weighted by molar-refractivity contribution is 0.0346. The molecule has 2 aromatic carbocycles. The number of fused-ring (bicyclic) bond motifs is 6. The zero-order chi connectivity index (χ0) is 39.2. The maximum atomic E-state index is 7.29. The van der Waals surface area contributed by atoms with E-state index in [1.165, 1.54) is 77.0 Å². The van der Waals surface area contributed by atoms with Gasteiger partial charge in [0.2, 0.25) is 0 Å². The van der Waals surface area contributed by atoms with Crippen molar-refractivity contribution in [1.82, 2.24) is 0 Å². The van der Waals surface area contributed by atoms with E-state index >= 15 is 0 Å². The average molecular weight is 811 g/mol. The topological polar surface area (TPSA) is 73.8 Å². The summed E-state index contributed by atoms with van der Waals surface area (Å²) in [4.78, 5) is 0. The van der Waals surface area contributed by atoms with Crippen LogP contribution in [0.1, 0.15) is 155 Å². The number of rotatable bonds is 7. The summed E-state index contributed by atoms with van der Waals surface area (Å²) in [5, 5.41) is 0. The van der Waals surface area contributed by atoms with Crippen LogP contribution in [0, 0.1) is 23.7 Å². The lowest BCUT2D eigenvalue weighted by Crippen LogP contribution is -2.37. The molecule has 0 amide bonds. The van der Waals surface area contributed by atoms with Gasteiger partial charge in [-0.3, -0.25) is 18.1 Å². The molecule has 2 heterocycles. The molecule has 8 unspecified atom stereocenters. The van der Waals surface area contributed by atoms with Crippen LogP contribution in [0.25, 0.3) is 11.1 Å². The van der Waals surface area contributed by atoms with Crippen molar-refractivity contribution in [3.05, 3.63) is 35.4 Å². The molecule has 8 rings (SSSR count). The van der Waals surface area contributed by atoms with Crippen LogP contribution >= 0.6 is 17.2 Å². The number of hydrogen-bond acceptors (Lipinski definition) is 8. The summed E-state index contributed by atoms with van der Waals surface area (Å²) in [6.45, 7) is 13.4. The van der Waals surface area contributed by atoms with Gasteiger partial charge in [0.1, 0.15) is 23.0 Å². The molecule has 0 aromatic heterocycles. The van der Waals surface area contributed by atoms with Gasteiger partial charge >= 0.3 is 17.2 Å². The third kappa shape index (κ3) is 8.64. The highest BCUT2D eigenvalue weighted by molar-refractivity contribution is 7.42. The summed E-state index contributed by atoms with van der Waals surface area (Å²) in [6, 6.07) is 8.43. The number of benzene rings is 2. The Kier molecular flexibility index (Phi) is 12.6. The monoisotopic (exact) mass is 810 g/mol. The lowest BCUT2D eigenvalue weighted by Gasteiger charge is -2.38. The van der Waals surface area contributed by atoms with Crippen molar-refractivity contribution in [3.8, 4) is 34.1 Å². The fourth-order valence-corrected chi connectivity index (χ4v) is 13.8. The van der Waals surface area contributed by atoms with Gasteiger partial charge in [-0.2, -0.15) is 0 Å². The van der Waals surface area contributed by atoms with Crippen LogP contribution < -0.4 is 18.5 Å². The SMILES string of the molecule is COc1cc(-c2cc(OC)cc(C(C)(C)C)c2OP2OC3CCCCC3C3CCCCC3O2)c(OP2OC3CCCCC3C3CCCCC3O2)c(C(C)(C)C)c1. The van der Waals surface area contributed by atoms with Crippen molar-refractivity contribution in [2.24, 2.45) is 23.7 Å². The van der Waals surface area contributed by atoms with E-state index in [0.29, 0.717) is 23.7 Å². The molecular formula is C46H68O8P2. The molecule has 2 saturated heterocycles. The third-order valence-electron chi connectivity index (χ3n) is 13.8. The first-order chi connectivity index (χ1) is 26.9. The molecule has 310 valence electrons. The van der Waals surface area contributed by atoms with Crippen molar-refractivity contribution in [3.63, 3.8) is 0 Å². The quantitative estimate of drug-likeness (QED) is 0.256. The van der Waals surface area contributed by atoms with E-state index in [0.717, 1.165) is 70.9 Å². The molecule has 2 aromatic rings. The highest BCUT2D eigenvalue weighted by atomic mass is 31.2. The Balaban J connectivity index is 1.25. The Hall–Kier alpha value is -1.66. The average Bonchev–Trinajstić information content (AvgIpc) is 3.44. The third-order valence-corrected chi connectivity index (χ3v) is 16.3. The first-order valence-electron chi connectivity index (χ1n) is 22.0. The Morgan fingerprint density at radius 2 is 0.732 bits per heavy atom. The number of methoxy groups -OCH3 is 2. The van der Waals surface area contributed by atoms with Crippen LogP contribution in [0.5, 0.6) is 23.0 Å². The molecule has 8 nitrogen and oxygen atoms in total. The van der Waals surface area contributed by atoms with Gasteiger partial charge in [-0.05, 0) is 110 Å². The molecule has 0 bridgehead atoms. The molecule has 0 N–H and O–H groups in total. The lowest BCUT2D eigenvalue weighted by atomic mass is 9.71. The number of ether oxygens (including phenoxy) is 2. The molecule has 4 aliphatic carbocycles. The summed E-state index contributed by atoms with van der Waals surface area (Å²) < 4.78 is 54.8. The van der Waals surface area contributed by atoms with Crippen molar-refractivity contribution < 1.29 is 36.6 Å². The first-order valence-corrected chi connectivity index (χ1v) is 24.2. The zero-order valence-electron chi connectivity index (χ0n) is 35.4. The molecular weight excluding hydrogens is 742 g/mol. The van der Waals surface area contributed by atoms with E-state index < -0.39 is 17.2 Å². The minimum absolute atomic E-state index is 0.158. The Labute approximate surface area is 339 Å². The highest BCUT2D eigenvalue weighted by Crippen LogP contribution is 2.61. The molecule has 56 heavy (non-hydrogen) atoms. The first kappa shape index (κ1) is 41.1. The minimum Gasteiger partial charge on any atom is -0.497 e. The van der Waals surface area contributed by atoms with Crippen LogP contribution in [0.4, 0.5) is 0 Å². The molecule has 0 spiro atoms. The number of hydrogen-bond donors (Lipinski definition) is 0. The van der Waals surface area contributed by atoms with Crippen molar-refractivity contribution in [2.45, 2.75) is 180 Å². The van der Waals surface area contributed by atoms with Gasteiger partial charge in [-0.25, -0.2) is 0 Å². The predicted molar refractivity (Wildman–Crippen MR) is 225 cm³/mol. The van der Waals surface area contributed by atoms with Crippen molar-refractivity contribution >= 4 is 17.2 Å². The zero-order valence-corrected chi connectivity index (χ0v) is 37.2. The summed E-state index contributed by atoms with van der Waals surface area (Å²) in [6.07, 6.45) is 19.6. The molecule has 6 fully saturated rings. The highest BCUT2D eigenvalue weighted by Gasteiger charge is 2.47. The van der Waals surface area contributed by atoms with Gasteiger partial charge < -0.3 is 18.5 Å². The second-order valence-corrected chi connectivity index (χ2v) is 21.7. The maximum absolute atomic E-state index is 7.29. The van der Waals surface area contributed by atoms with Crippen molar-refractivity contribution in [1.29, 1.82) is 0 Å². The Bertz CT molecular complexity index is 1500. The minimum atomic E-state index is -1.69. The van der Waals surface area contributed by atoms with Crippen LogP contribution in [-0.4, -0.2) is 38.6 Å². The van der Waals surface area contributed by atoms with Gasteiger partial charge in [0.05, 0.1) is 38.6 Å². The molecule has 10 heteroatoms. The van der Waals surface area contributed by atoms with Gasteiger partial charge in [-0.15, -0.1) is 0 Å². The van der Waals surface area contributed by atoms with Gasteiger partial charge in [0.25, 0.3) is 0 Å². The van der Waals surface area contributed by atoms with E-state index in [4.69, 9.17) is 36.6 Å². The van der Waals surface area contributed by atoms with Crippen LogP contribution in [0.3, 0.4) is 0 Å². The summed E-state index contributed by atoms with van der Waals surface area (Å²) in [7, 11) is 0.0893. The normalized spacial score (nSPS) is 33.7. The van der Waals surface area contributed by atoms with E-state index in [1.54, 1.807) is 14.2 Å². The molecule has 0 radical (unpaired) electrons. The standard InChI is InChI=1S/C46H68O8P2/c1-45(2,3)37-27-29(47-7)25-35(43(37)53-55-49-39-21-13-9-17-31(39)32-18-10-14-22-40(32)50-55)36-26-30(48-8)28-38(46(4,5)6)44(36)54-56-51-41-23-15-11-19-33(41)34-20-12-16-24-42(34)52-56/h25-28,31-34,39-42H,9-24H2,1-8H3. The predicted octanol–water partition coefficient (Wildman–Crippen LogP) is 13.5. The second kappa shape index (κ2) is 17.1. The smallest absolute Gasteiger partial charge is 0.397 e.